The minimum atomic E-state index is 0.809. The van der Waals surface area contributed by atoms with Crippen molar-refractivity contribution in [3.63, 3.8) is 0 Å². The van der Waals surface area contributed by atoms with Crippen LogP contribution in [0, 0.1) is 0 Å². The summed E-state index contributed by atoms with van der Waals surface area (Å²) in [6.45, 7) is 0. The summed E-state index contributed by atoms with van der Waals surface area (Å²) in [5, 5.41) is 2.26. The van der Waals surface area contributed by atoms with Crippen molar-refractivity contribution in [1.29, 1.82) is 0 Å². The minimum Gasteiger partial charge on any atom is -0.497 e. The van der Waals surface area contributed by atoms with Gasteiger partial charge in [0.25, 0.3) is 0 Å². The number of anilines is 1. The predicted octanol–water partition coefficient (Wildman–Crippen LogP) is 4.10. The van der Waals surface area contributed by atoms with Gasteiger partial charge in [-0.3, -0.25) is 0 Å². The van der Waals surface area contributed by atoms with Crippen LogP contribution in [0.1, 0.15) is 0 Å². The van der Waals surface area contributed by atoms with Crippen molar-refractivity contribution in [3.8, 4) is 16.9 Å². The van der Waals surface area contributed by atoms with Crippen LogP contribution in [0.25, 0.3) is 21.9 Å². The summed E-state index contributed by atoms with van der Waals surface area (Å²) in [4.78, 5) is 0. The largest absolute Gasteiger partial charge is 0.497 e. The third-order valence-corrected chi connectivity index (χ3v) is 3.32. The first-order valence-corrected chi connectivity index (χ1v) is 6.20. The molecule has 2 N–H and O–H groups in total. The van der Waals surface area contributed by atoms with Crippen LogP contribution in [0.3, 0.4) is 0 Å². The van der Waals surface area contributed by atoms with Gasteiger partial charge in [0.05, 0.1) is 7.11 Å². The molecule has 3 rings (SSSR count). The van der Waals surface area contributed by atoms with E-state index >= 15 is 0 Å². The average molecular weight is 249 g/mol. The van der Waals surface area contributed by atoms with Gasteiger partial charge in [-0.25, -0.2) is 0 Å². The van der Waals surface area contributed by atoms with E-state index in [0.717, 1.165) is 33.3 Å². The molecule has 0 spiro atoms. The number of hydrogen-bond acceptors (Lipinski definition) is 2. The quantitative estimate of drug-likeness (QED) is 0.694. The van der Waals surface area contributed by atoms with Crippen molar-refractivity contribution in [3.05, 3.63) is 60.7 Å². The second-order valence-corrected chi connectivity index (χ2v) is 4.52. The Labute approximate surface area is 112 Å². The van der Waals surface area contributed by atoms with Crippen molar-refractivity contribution in [1.82, 2.24) is 0 Å². The van der Waals surface area contributed by atoms with Crippen molar-refractivity contribution >= 4 is 16.5 Å². The van der Waals surface area contributed by atoms with E-state index in [4.69, 9.17) is 10.5 Å². The maximum Gasteiger partial charge on any atom is 0.118 e. The fourth-order valence-electron chi connectivity index (χ4n) is 2.29. The summed E-state index contributed by atoms with van der Waals surface area (Å²) in [5.41, 5.74) is 9.20. The zero-order valence-electron chi connectivity index (χ0n) is 10.8. The molecule has 19 heavy (non-hydrogen) atoms. The highest BCUT2D eigenvalue weighted by molar-refractivity contribution is 5.96. The third-order valence-electron chi connectivity index (χ3n) is 3.32. The first-order valence-electron chi connectivity index (χ1n) is 6.20. The predicted molar refractivity (Wildman–Crippen MR) is 80.3 cm³/mol. The minimum absolute atomic E-state index is 0.809. The summed E-state index contributed by atoms with van der Waals surface area (Å²) < 4.78 is 5.17. The number of rotatable bonds is 2. The number of hydrogen-bond donors (Lipinski definition) is 1. The summed E-state index contributed by atoms with van der Waals surface area (Å²) in [6, 6.07) is 20.3. The first-order chi connectivity index (χ1) is 9.28. The lowest BCUT2D eigenvalue weighted by molar-refractivity contribution is 0.415. The maximum absolute atomic E-state index is 6.13. The maximum atomic E-state index is 6.13. The highest BCUT2D eigenvalue weighted by Gasteiger charge is 2.03. The van der Waals surface area contributed by atoms with Crippen LogP contribution in [-0.2, 0) is 0 Å². The number of nitrogen functional groups attached to an aromatic ring is 1. The van der Waals surface area contributed by atoms with Crippen LogP contribution < -0.4 is 10.5 Å². The Morgan fingerprint density at radius 1 is 0.842 bits per heavy atom. The van der Waals surface area contributed by atoms with Gasteiger partial charge in [0.1, 0.15) is 5.75 Å². The summed E-state index contributed by atoms with van der Waals surface area (Å²) in [6.07, 6.45) is 0. The summed E-state index contributed by atoms with van der Waals surface area (Å²) in [5.74, 6) is 0.859. The fraction of sp³-hybridized carbons (Fsp3) is 0.0588. The van der Waals surface area contributed by atoms with E-state index < -0.39 is 0 Å². The second kappa shape index (κ2) is 4.65. The van der Waals surface area contributed by atoms with Gasteiger partial charge in [-0.15, -0.1) is 0 Å². The van der Waals surface area contributed by atoms with Gasteiger partial charge in [0.15, 0.2) is 0 Å². The van der Waals surface area contributed by atoms with Crippen LogP contribution in [0.2, 0.25) is 0 Å². The normalized spacial score (nSPS) is 10.6. The molecule has 0 aromatic heterocycles. The van der Waals surface area contributed by atoms with E-state index in [1.54, 1.807) is 7.11 Å². The molecule has 2 nitrogen and oxygen atoms in total. The molecule has 0 amide bonds. The number of benzene rings is 3. The molecular formula is C17H15NO. The Bertz CT molecular complexity index is 717. The molecular weight excluding hydrogens is 234 g/mol. The van der Waals surface area contributed by atoms with Crippen molar-refractivity contribution in [2.45, 2.75) is 0 Å². The molecule has 0 aliphatic rings. The van der Waals surface area contributed by atoms with E-state index in [0.29, 0.717) is 0 Å². The van der Waals surface area contributed by atoms with Gasteiger partial charge in [-0.1, -0.05) is 36.4 Å². The number of nitrogens with two attached hydrogens (primary N) is 1. The molecule has 0 radical (unpaired) electrons. The molecule has 0 saturated heterocycles. The van der Waals surface area contributed by atoms with Crippen molar-refractivity contribution < 1.29 is 4.74 Å². The molecule has 0 bridgehead atoms. The highest BCUT2D eigenvalue weighted by atomic mass is 16.5. The first kappa shape index (κ1) is 11.6. The molecule has 2 heteroatoms. The molecule has 3 aromatic carbocycles. The summed E-state index contributed by atoms with van der Waals surface area (Å²) >= 11 is 0. The Hall–Kier alpha value is -2.48. The van der Waals surface area contributed by atoms with Crippen LogP contribution in [0.4, 0.5) is 5.69 Å². The van der Waals surface area contributed by atoms with E-state index in [1.807, 2.05) is 48.5 Å². The van der Waals surface area contributed by atoms with E-state index in [-0.39, 0.29) is 0 Å². The van der Waals surface area contributed by atoms with Gasteiger partial charge in [0, 0.05) is 11.1 Å². The SMILES string of the molecule is COc1ccc(-c2cc(N)c3ccccc3c2)cc1. The Morgan fingerprint density at radius 2 is 1.58 bits per heavy atom. The molecule has 3 aromatic rings. The van der Waals surface area contributed by atoms with Crippen LogP contribution in [0.5, 0.6) is 5.75 Å². The molecule has 0 saturated carbocycles. The molecule has 0 unspecified atom stereocenters. The van der Waals surface area contributed by atoms with E-state index in [1.165, 1.54) is 0 Å². The zero-order chi connectivity index (χ0) is 13.2. The summed E-state index contributed by atoms with van der Waals surface area (Å²) in [7, 11) is 1.67. The lowest BCUT2D eigenvalue weighted by Crippen LogP contribution is -1.89. The van der Waals surface area contributed by atoms with Crippen LogP contribution >= 0.6 is 0 Å². The Balaban J connectivity index is 2.14. The number of ether oxygens (including phenoxy) is 1. The van der Waals surface area contributed by atoms with Gasteiger partial charge >= 0.3 is 0 Å². The van der Waals surface area contributed by atoms with Crippen molar-refractivity contribution in [2.75, 3.05) is 12.8 Å². The smallest absolute Gasteiger partial charge is 0.118 e. The lowest BCUT2D eigenvalue weighted by atomic mass is 10.00. The van der Waals surface area contributed by atoms with Gasteiger partial charge in [-0.2, -0.15) is 0 Å². The topological polar surface area (TPSA) is 35.2 Å². The standard InChI is InChI=1S/C17H15NO/c1-19-15-8-6-12(7-9-15)14-10-13-4-2-3-5-16(13)17(18)11-14/h2-11H,18H2,1H3. The van der Waals surface area contributed by atoms with Gasteiger partial charge < -0.3 is 10.5 Å². The van der Waals surface area contributed by atoms with Crippen LogP contribution in [-0.4, -0.2) is 7.11 Å². The molecule has 0 heterocycles. The number of fused-ring (bicyclic) bond motifs is 1. The Morgan fingerprint density at radius 3 is 2.32 bits per heavy atom. The monoisotopic (exact) mass is 249 g/mol. The molecule has 0 aliphatic heterocycles. The van der Waals surface area contributed by atoms with Gasteiger partial charge in [-0.05, 0) is 40.8 Å². The fourth-order valence-corrected chi connectivity index (χ4v) is 2.29. The second-order valence-electron chi connectivity index (χ2n) is 4.52. The molecule has 0 atom stereocenters. The van der Waals surface area contributed by atoms with Crippen LogP contribution in [0.15, 0.2) is 60.7 Å². The zero-order valence-corrected chi connectivity index (χ0v) is 10.8. The molecule has 94 valence electrons. The Kier molecular flexibility index (Phi) is 2.84. The third kappa shape index (κ3) is 2.13. The van der Waals surface area contributed by atoms with E-state index in [2.05, 4.69) is 12.1 Å². The highest BCUT2D eigenvalue weighted by Crippen LogP contribution is 2.30. The van der Waals surface area contributed by atoms with Crippen molar-refractivity contribution in [2.24, 2.45) is 0 Å². The lowest BCUT2D eigenvalue weighted by Gasteiger charge is -2.08. The average Bonchev–Trinajstić information content (AvgIpc) is 2.47. The molecule has 0 fully saturated rings. The van der Waals surface area contributed by atoms with E-state index in [9.17, 15) is 0 Å². The number of methoxy groups -OCH3 is 1. The molecule has 0 aliphatic carbocycles. The van der Waals surface area contributed by atoms with Gasteiger partial charge in [0.2, 0.25) is 0 Å².